The molecule has 118 valence electrons. The van der Waals surface area contributed by atoms with E-state index in [9.17, 15) is 0 Å². The van der Waals surface area contributed by atoms with Gasteiger partial charge in [0.05, 0.1) is 0 Å². The minimum absolute atomic E-state index is 0.270. The zero-order chi connectivity index (χ0) is 16.1. The Morgan fingerprint density at radius 1 is 0.909 bits per heavy atom. The van der Waals surface area contributed by atoms with Gasteiger partial charge >= 0.3 is 0 Å². The summed E-state index contributed by atoms with van der Waals surface area (Å²) in [6, 6.07) is 9.03. The van der Waals surface area contributed by atoms with Crippen molar-refractivity contribution in [2.24, 2.45) is 0 Å². The number of hydrogen-bond acceptors (Lipinski definition) is 1. The van der Waals surface area contributed by atoms with Crippen LogP contribution in [0, 0.1) is 13.8 Å². The lowest BCUT2D eigenvalue weighted by atomic mass is 9.62. The highest BCUT2D eigenvalue weighted by Gasteiger charge is 2.37. The molecule has 0 amide bonds. The molecule has 1 nitrogen and oxygen atoms in total. The monoisotopic (exact) mass is 296 g/mol. The summed E-state index contributed by atoms with van der Waals surface area (Å²) in [6.45, 7) is 13.8. The maximum absolute atomic E-state index is 5.78. The molecule has 0 unspecified atom stereocenters. The Bertz CT molecular complexity index is 701. The van der Waals surface area contributed by atoms with Crippen LogP contribution in [0.4, 0.5) is 0 Å². The van der Waals surface area contributed by atoms with Gasteiger partial charge in [-0.25, -0.2) is 0 Å². The third kappa shape index (κ3) is 2.62. The fraction of sp³-hybridized carbons (Fsp3) is 0.524. The molecular formula is C21H28O. The van der Waals surface area contributed by atoms with Crippen LogP contribution in [-0.2, 0) is 17.3 Å². The Kier molecular flexibility index (Phi) is 3.51. The van der Waals surface area contributed by atoms with Crippen LogP contribution in [0.3, 0.4) is 0 Å². The standard InChI is InChI=1S/C21H28O/c1-14-11-18-19(21(5,6)10-9-20(18,3)4)13-16(14)12-17-8-7-15(2)22-17/h7-8,11,13H,9-10,12H2,1-6H3. The molecular weight excluding hydrogens is 268 g/mol. The Morgan fingerprint density at radius 2 is 1.50 bits per heavy atom. The summed E-state index contributed by atoms with van der Waals surface area (Å²) in [7, 11) is 0. The average Bonchev–Trinajstić information content (AvgIpc) is 2.82. The predicted molar refractivity (Wildman–Crippen MR) is 92.7 cm³/mol. The van der Waals surface area contributed by atoms with Gasteiger partial charge in [-0.15, -0.1) is 0 Å². The van der Waals surface area contributed by atoms with Gasteiger partial charge in [-0.05, 0) is 71.9 Å². The fourth-order valence-electron chi connectivity index (χ4n) is 3.73. The van der Waals surface area contributed by atoms with E-state index in [1.165, 1.54) is 29.5 Å². The van der Waals surface area contributed by atoms with Crippen molar-refractivity contribution in [3.8, 4) is 0 Å². The van der Waals surface area contributed by atoms with Crippen molar-refractivity contribution in [3.63, 3.8) is 0 Å². The predicted octanol–water partition coefficient (Wildman–Crippen LogP) is 5.84. The number of furan rings is 1. The molecule has 1 aliphatic carbocycles. The third-order valence-corrected chi connectivity index (χ3v) is 5.47. The molecule has 0 spiro atoms. The van der Waals surface area contributed by atoms with Crippen LogP contribution in [0.1, 0.15) is 74.3 Å². The minimum Gasteiger partial charge on any atom is -0.466 e. The molecule has 1 heteroatoms. The molecule has 0 saturated carbocycles. The van der Waals surface area contributed by atoms with Crippen molar-refractivity contribution in [1.82, 2.24) is 0 Å². The minimum atomic E-state index is 0.270. The van der Waals surface area contributed by atoms with Gasteiger partial charge in [0.1, 0.15) is 11.5 Å². The Morgan fingerprint density at radius 3 is 2.05 bits per heavy atom. The Hall–Kier alpha value is -1.50. The van der Waals surface area contributed by atoms with Crippen LogP contribution in [0.25, 0.3) is 0 Å². The van der Waals surface area contributed by atoms with Crippen molar-refractivity contribution < 1.29 is 4.42 Å². The van der Waals surface area contributed by atoms with Gasteiger partial charge in [0.15, 0.2) is 0 Å². The molecule has 0 saturated heterocycles. The number of aryl methyl sites for hydroxylation is 2. The van der Waals surface area contributed by atoms with Gasteiger partial charge in [-0.2, -0.15) is 0 Å². The van der Waals surface area contributed by atoms with Crippen LogP contribution in [0.15, 0.2) is 28.7 Å². The second-order valence-electron chi connectivity index (χ2n) is 8.28. The molecule has 1 aliphatic rings. The molecule has 2 aromatic rings. The lowest BCUT2D eigenvalue weighted by molar-refractivity contribution is 0.331. The molecule has 0 N–H and O–H groups in total. The van der Waals surface area contributed by atoms with Crippen molar-refractivity contribution >= 4 is 0 Å². The highest BCUT2D eigenvalue weighted by atomic mass is 16.3. The van der Waals surface area contributed by atoms with E-state index in [-0.39, 0.29) is 10.8 Å². The van der Waals surface area contributed by atoms with Crippen molar-refractivity contribution in [1.29, 1.82) is 0 Å². The lowest BCUT2D eigenvalue weighted by Gasteiger charge is -2.42. The van der Waals surface area contributed by atoms with Gasteiger partial charge in [0, 0.05) is 6.42 Å². The summed E-state index contributed by atoms with van der Waals surface area (Å²) >= 11 is 0. The van der Waals surface area contributed by atoms with E-state index in [2.05, 4.69) is 58.9 Å². The van der Waals surface area contributed by atoms with Crippen LogP contribution in [0.5, 0.6) is 0 Å². The van der Waals surface area contributed by atoms with Crippen LogP contribution in [-0.4, -0.2) is 0 Å². The molecule has 0 atom stereocenters. The molecule has 0 aliphatic heterocycles. The summed E-state index contributed by atoms with van der Waals surface area (Å²) in [6.07, 6.45) is 3.42. The van der Waals surface area contributed by atoms with E-state index in [1.807, 2.05) is 6.92 Å². The number of benzene rings is 1. The Labute approximate surface area is 134 Å². The van der Waals surface area contributed by atoms with Gasteiger partial charge < -0.3 is 4.42 Å². The van der Waals surface area contributed by atoms with Gasteiger partial charge in [-0.1, -0.05) is 39.8 Å². The van der Waals surface area contributed by atoms with Crippen LogP contribution in [0.2, 0.25) is 0 Å². The van der Waals surface area contributed by atoms with E-state index < -0.39 is 0 Å². The zero-order valence-corrected chi connectivity index (χ0v) is 14.8. The van der Waals surface area contributed by atoms with Crippen molar-refractivity contribution in [2.45, 2.75) is 71.6 Å². The molecule has 1 heterocycles. The molecule has 22 heavy (non-hydrogen) atoms. The van der Waals surface area contributed by atoms with Gasteiger partial charge in [0.25, 0.3) is 0 Å². The maximum atomic E-state index is 5.78. The summed E-state index contributed by atoms with van der Waals surface area (Å²) in [4.78, 5) is 0. The van der Waals surface area contributed by atoms with Crippen LogP contribution >= 0.6 is 0 Å². The molecule has 0 radical (unpaired) electrons. The van der Waals surface area contributed by atoms with E-state index in [4.69, 9.17) is 4.42 Å². The zero-order valence-electron chi connectivity index (χ0n) is 14.8. The summed E-state index contributed by atoms with van der Waals surface area (Å²) in [5, 5.41) is 0. The topological polar surface area (TPSA) is 13.1 Å². The first kappa shape index (κ1) is 15.4. The van der Waals surface area contributed by atoms with E-state index in [1.54, 1.807) is 5.56 Å². The highest BCUT2D eigenvalue weighted by molar-refractivity contribution is 5.47. The first-order chi connectivity index (χ1) is 10.2. The molecule has 0 fully saturated rings. The van der Waals surface area contributed by atoms with E-state index in [0.717, 1.165) is 17.9 Å². The Balaban J connectivity index is 2.07. The second kappa shape index (κ2) is 5.01. The summed E-state index contributed by atoms with van der Waals surface area (Å²) in [5.74, 6) is 2.06. The largest absolute Gasteiger partial charge is 0.466 e. The first-order valence-electron chi connectivity index (χ1n) is 8.39. The number of rotatable bonds is 2. The smallest absolute Gasteiger partial charge is 0.108 e. The molecule has 3 rings (SSSR count). The van der Waals surface area contributed by atoms with Gasteiger partial charge in [0.2, 0.25) is 0 Å². The third-order valence-electron chi connectivity index (χ3n) is 5.47. The van der Waals surface area contributed by atoms with E-state index >= 15 is 0 Å². The van der Waals surface area contributed by atoms with E-state index in [0.29, 0.717) is 0 Å². The number of hydrogen-bond donors (Lipinski definition) is 0. The summed E-state index contributed by atoms with van der Waals surface area (Å²) in [5.41, 5.74) is 6.42. The quantitative estimate of drug-likeness (QED) is 0.679. The second-order valence-corrected chi connectivity index (χ2v) is 8.28. The SMILES string of the molecule is Cc1ccc(Cc2cc3c(cc2C)C(C)(C)CCC3(C)C)o1. The number of fused-ring (bicyclic) bond motifs is 1. The van der Waals surface area contributed by atoms with Crippen molar-refractivity contribution in [3.05, 3.63) is 58.0 Å². The molecule has 0 bridgehead atoms. The lowest BCUT2D eigenvalue weighted by Crippen LogP contribution is -2.34. The summed E-state index contributed by atoms with van der Waals surface area (Å²) < 4.78 is 5.78. The molecule has 1 aromatic heterocycles. The highest BCUT2D eigenvalue weighted by Crippen LogP contribution is 2.46. The average molecular weight is 296 g/mol. The normalized spacial score (nSPS) is 19.0. The van der Waals surface area contributed by atoms with Gasteiger partial charge in [-0.3, -0.25) is 0 Å². The van der Waals surface area contributed by atoms with Crippen LogP contribution < -0.4 is 0 Å². The molecule has 1 aromatic carbocycles. The first-order valence-corrected chi connectivity index (χ1v) is 8.39. The fourth-order valence-corrected chi connectivity index (χ4v) is 3.73. The van der Waals surface area contributed by atoms with Crippen molar-refractivity contribution in [2.75, 3.05) is 0 Å². The maximum Gasteiger partial charge on any atom is 0.108 e.